The molecule has 5 unspecified atom stereocenters. The molecule has 0 spiro atoms. The molecule has 4 heteroatoms. The topological polar surface area (TPSA) is 52.6 Å². The molecule has 18 heavy (non-hydrogen) atoms. The number of Topliss-reactive ketones (excluding diaryl/α,β-unsaturated/α-hetero) is 2. The van der Waals surface area contributed by atoms with Crippen molar-refractivity contribution in [3.8, 4) is 0 Å². The van der Waals surface area contributed by atoms with E-state index in [4.69, 9.17) is 9.47 Å². The SMILES string of the molecule is O=C(c1ccccc1)C1C2C(=O)C3OCC(O3)C12. The Kier molecular flexibility index (Phi) is 2.02. The Labute approximate surface area is 104 Å². The maximum Gasteiger partial charge on any atom is 0.218 e. The quantitative estimate of drug-likeness (QED) is 0.730. The first-order chi connectivity index (χ1) is 8.77. The third kappa shape index (κ3) is 1.27. The van der Waals surface area contributed by atoms with Crippen LogP contribution in [0.1, 0.15) is 10.4 Å². The number of carbonyl (C=O) groups excluding carboxylic acids is 2. The summed E-state index contributed by atoms with van der Waals surface area (Å²) in [6, 6.07) is 9.15. The number of fused-ring (bicyclic) bond motifs is 4. The summed E-state index contributed by atoms with van der Waals surface area (Å²) in [6.07, 6.45) is -0.791. The number of ketones is 2. The molecule has 1 aliphatic carbocycles. The van der Waals surface area contributed by atoms with E-state index in [-0.39, 0.29) is 35.4 Å². The molecule has 2 heterocycles. The van der Waals surface area contributed by atoms with Gasteiger partial charge in [0.25, 0.3) is 0 Å². The summed E-state index contributed by atoms with van der Waals surface area (Å²) in [5, 5.41) is 0. The van der Waals surface area contributed by atoms with Crippen molar-refractivity contribution in [2.45, 2.75) is 12.4 Å². The molecular formula is C14H12O4. The second-order valence-electron chi connectivity index (χ2n) is 5.10. The lowest BCUT2D eigenvalue weighted by molar-refractivity contribution is -0.153. The summed E-state index contributed by atoms with van der Waals surface area (Å²) in [5.41, 5.74) is 0.682. The zero-order valence-electron chi connectivity index (χ0n) is 9.61. The lowest BCUT2D eigenvalue weighted by Crippen LogP contribution is -2.30. The summed E-state index contributed by atoms with van der Waals surface area (Å²) in [4.78, 5) is 24.3. The van der Waals surface area contributed by atoms with Crippen LogP contribution in [-0.4, -0.2) is 30.6 Å². The van der Waals surface area contributed by atoms with Crippen molar-refractivity contribution in [3.63, 3.8) is 0 Å². The van der Waals surface area contributed by atoms with Crippen LogP contribution in [0.5, 0.6) is 0 Å². The number of rotatable bonds is 2. The largest absolute Gasteiger partial charge is 0.343 e. The van der Waals surface area contributed by atoms with E-state index < -0.39 is 6.29 Å². The van der Waals surface area contributed by atoms with E-state index in [0.29, 0.717) is 12.2 Å². The maximum absolute atomic E-state index is 12.3. The molecule has 2 saturated heterocycles. The van der Waals surface area contributed by atoms with Gasteiger partial charge in [-0.05, 0) is 0 Å². The summed E-state index contributed by atoms with van der Waals surface area (Å²) in [5.74, 6) is -0.329. The lowest BCUT2D eigenvalue weighted by atomic mass is 10.0. The Balaban J connectivity index is 1.62. The van der Waals surface area contributed by atoms with Crippen LogP contribution in [0.25, 0.3) is 0 Å². The van der Waals surface area contributed by atoms with Gasteiger partial charge in [-0.1, -0.05) is 30.3 Å². The second-order valence-corrected chi connectivity index (χ2v) is 5.10. The van der Waals surface area contributed by atoms with Gasteiger partial charge in [0.2, 0.25) is 6.29 Å². The van der Waals surface area contributed by atoms with E-state index in [1.807, 2.05) is 18.2 Å². The average molecular weight is 244 g/mol. The van der Waals surface area contributed by atoms with Crippen LogP contribution in [0.3, 0.4) is 0 Å². The van der Waals surface area contributed by atoms with Crippen molar-refractivity contribution >= 4 is 11.6 Å². The zero-order chi connectivity index (χ0) is 12.3. The van der Waals surface area contributed by atoms with Gasteiger partial charge in [0.1, 0.15) is 0 Å². The normalized spacial score (nSPS) is 40.4. The molecule has 0 amide bonds. The molecular weight excluding hydrogens is 232 g/mol. The third-order valence-corrected chi connectivity index (χ3v) is 4.14. The van der Waals surface area contributed by atoms with Crippen molar-refractivity contribution in [1.29, 1.82) is 0 Å². The summed E-state index contributed by atoms with van der Waals surface area (Å²) in [6.45, 7) is 0.441. The van der Waals surface area contributed by atoms with Crippen molar-refractivity contribution in [2.75, 3.05) is 6.61 Å². The number of hydrogen-bond donors (Lipinski definition) is 0. The third-order valence-electron chi connectivity index (χ3n) is 4.14. The summed E-state index contributed by atoms with van der Waals surface area (Å²) < 4.78 is 10.7. The average Bonchev–Trinajstić information content (AvgIpc) is 3.02. The van der Waals surface area contributed by atoms with Crippen LogP contribution in [0.2, 0.25) is 0 Å². The van der Waals surface area contributed by atoms with E-state index in [0.717, 1.165) is 0 Å². The minimum atomic E-state index is -0.718. The van der Waals surface area contributed by atoms with Gasteiger partial charge in [0.15, 0.2) is 11.6 Å². The van der Waals surface area contributed by atoms with Gasteiger partial charge in [-0.2, -0.15) is 0 Å². The van der Waals surface area contributed by atoms with E-state index in [1.165, 1.54) is 0 Å². The Morgan fingerprint density at radius 1 is 1.22 bits per heavy atom. The molecule has 1 saturated carbocycles. The summed E-state index contributed by atoms with van der Waals surface area (Å²) >= 11 is 0. The van der Waals surface area contributed by atoms with Gasteiger partial charge < -0.3 is 9.47 Å². The molecule has 4 nitrogen and oxygen atoms in total. The fraction of sp³-hybridized carbons (Fsp3) is 0.429. The van der Waals surface area contributed by atoms with Crippen LogP contribution in [-0.2, 0) is 14.3 Å². The molecule has 0 aromatic heterocycles. The first kappa shape index (κ1) is 10.4. The molecule has 2 aliphatic heterocycles. The van der Waals surface area contributed by atoms with E-state index in [2.05, 4.69) is 0 Å². The highest BCUT2D eigenvalue weighted by atomic mass is 16.7. The molecule has 3 fully saturated rings. The minimum absolute atomic E-state index is 0.0314. The highest BCUT2D eigenvalue weighted by molar-refractivity contribution is 6.05. The number of hydrogen-bond acceptors (Lipinski definition) is 4. The molecule has 4 rings (SSSR count). The molecule has 1 aromatic carbocycles. The molecule has 2 bridgehead atoms. The van der Waals surface area contributed by atoms with Crippen LogP contribution < -0.4 is 0 Å². The molecule has 0 radical (unpaired) electrons. The smallest absolute Gasteiger partial charge is 0.218 e. The molecule has 3 aliphatic rings. The van der Waals surface area contributed by atoms with Gasteiger partial charge in [-0.25, -0.2) is 0 Å². The van der Waals surface area contributed by atoms with Crippen molar-refractivity contribution in [3.05, 3.63) is 35.9 Å². The Bertz CT molecular complexity index is 524. The maximum atomic E-state index is 12.3. The lowest BCUT2D eigenvalue weighted by Gasteiger charge is -2.14. The number of benzene rings is 1. The highest BCUT2D eigenvalue weighted by Crippen LogP contribution is 2.57. The highest BCUT2D eigenvalue weighted by Gasteiger charge is 2.68. The van der Waals surface area contributed by atoms with E-state index in [9.17, 15) is 9.59 Å². The second kappa shape index (κ2) is 3.49. The van der Waals surface area contributed by atoms with Crippen LogP contribution in [0.15, 0.2) is 30.3 Å². The number of ether oxygens (including phenoxy) is 2. The fourth-order valence-electron chi connectivity index (χ4n) is 3.22. The van der Waals surface area contributed by atoms with Crippen LogP contribution in [0.4, 0.5) is 0 Å². The molecule has 5 atom stereocenters. The van der Waals surface area contributed by atoms with Gasteiger partial charge >= 0.3 is 0 Å². The monoisotopic (exact) mass is 244 g/mol. The van der Waals surface area contributed by atoms with Gasteiger partial charge in [0, 0.05) is 23.3 Å². The van der Waals surface area contributed by atoms with E-state index >= 15 is 0 Å². The standard InChI is InChI=1S/C14H12O4/c15-12(7-4-2-1-3-5-7)10-9-8-6-17-14(18-8)13(16)11(9)10/h1-5,8-11,14H,6H2. The molecule has 1 aromatic rings. The van der Waals surface area contributed by atoms with Crippen molar-refractivity contribution < 1.29 is 19.1 Å². The fourth-order valence-corrected chi connectivity index (χ4v) is 3.22. The molecule has 0 N–H and O–H groups in total. The van der Waals surface area contributed by atoms with E-state index in [1.54, 1.807) is 12.1 Å². The first-order valence-corrected chi connectivity index (χ1v) is 6.17. The zero-order valence-corrected chi connectivity index (χ0v) is 9.61. The van der Waals surface area contributed by atoms with Crippen molar-refractivity contribution in [2.24, 2.45) is 17.8 Å². The van der Waals surface area contributed by atoms with Crippen LogP contribution >= 0.6 is 0 Å². The first-order valence-electron chi connectivity index (χ1n) is 6.17. The van der Waals surface area contributed by atoms with Crippen LogP contribution in [0, 0.1) is 17.8 Å². The predicted molar refractivity (Wildman–Crippen MR) is 60.9 cm³/mol. The Morgan fingerprint density at radius 2 is 2.00 bits per heavy atom. The minimum Gasteiger partial charge on any atom is -0.343 e. The predicted octanol–water partition coefficient (Wildman–Crippen LogP) is 1.06. The van der Waals surface area contributed by atoms with Gasteiger partial charge in [-0.15, -0.1) is 0 Å². The summed E-state index contributed by atoms with van der Waals surface area (Å²) in [7, 11) is 0. The van der Waals surface area contributed by atoms with Crippen molar-refractivity contribution in [1.82, 2.24) is 0 Å². The number of carbonyl (C=O) groups is 2. The Morgan fingerprint density at radius 3 is 2.78 bits per heavy atom. The van der Waals surface area contributed by atoms with Gasteiger partial charge in [-0.3, -0.25) is 9.59 Å². The van der Waals surface area contributed by atoms with Gasteiger partial charge in [0.05, 0.1) is 12.7 Å². The molecule has 92 valence electrons. The Hall–Kier alpha value is -1.52.